The summed E-state index contributed by atoms with van der Waals surface area (Å²) < 4.78 is 68.0. The molecule has 0 bridgehead atoms. The van der Waals surface area contributed by atoms with Crippen LogP contribution in [-0.4, -0.2) is 96.7 Å². The van der Waals surface area contributed by atoms with Gasteiger partial charge in [-0.15, -0.1) is 0 Å². The largest absolute Gasteiger partial charge is 0.472 e. The summed E-state index contributed by atoms with van der Waals surface area (Å²) in [5.41, 5.74) is 0. The summed E-state index contributed by atoms with van der Waals surface area (Å²) in [7, 11) is -9.89. The van der Waals surface area contributed by atoms with Gasteiger partial charge in [0.15, 0.2) is 12.2 Å². The number of esters is 4. The number of phosphoric acid groups is 2. The van der Waals surface area contributed by atoms with Gasteiger partial charge in [0.25, 0.3) is 0 Å². The molecule has 0 aliphatic heterocycles. The summed E-state index contributed by atoms with van der Waals surface area (Å²) >= 11 is 0. The van der Waals surface area contributed by atoms with E-state index in [0.29, 0.717) is 37.5 Å². The maximum atomic E-state index is 13.0. The lowest BCUT2D eigenvalue weighted by molar-refractivity contribution is -0.161. The van der Waals surface area contributed by atoms with Crippen LogP contribution in [0.2, 0.25) is 0 Å². The Balaban J connectivity index is 5.23. The third-order valence-corrected chi connectivity index (χ3v) is 17.0. The molecule has 5 atom stereocenters. The molecule has 0 aromatic rings. The average molecular weight is 1260 g/mol. The zero-order valence-electron chi connectivity index (χ0n) is 55.2. The van der Waals surface area contributed by atoms with Crippen LogP contribution in [-0.2, 0) is 65.4 Å². The lowest BCUT2D eigenvalue weighted by atomic mass is 10.0. The molecule has 0 radical (unpaired) electrons. The first-order valence-corrected chi connectivity index (χ1v) is 37.2. The highest BCUT2D eigenvalue weighted by Gasteiger charge is 2.30. The van der Waals surface area contributed by atoms with E-state index in [0.717, 1.165) is 108 Å². The molecule has 17 nitrogen and oxygen atoms in total. The normalized spacial score (nSPS) is 14.4. The molecule has 3 N–H and O–H groups in total. The standard InChI is InChI=1S/C66H128O17P2/c1-56(2)42-34-26-18-13-11-9-10-12-14-22-32-40-48-65(70)82-62(53-77-64(69)47-39-31-25-24-29-37-45-59(7)8)55-81-85(74,75)79-51-60(67)50-78-84(72,73)80-54-61(83-66(71)49-41-33-23-17-20-28-36-44-58(5)6)52-76-63(68)46-38-30-21-16-15-19-27-35-43-57(3)4/h56-62,67H,9-55H2,1-8H3,(H,72,73)(H,74,75)/t60-,61-,62-/m1/s1. The predicted octanol–water partition coefficient (Wildman–Crippen LogP) is 18.1. The number of ether oxygens (including phenoxy) is 4. The van der Waals surface area contributed by atoms with E-state index in [4.69, 9.17) is 37.0 Å². The first-order valence-electron chi connectivity index (χ1n) is 34.2. The molecule has 0 heterocycles. The van der Waals surface area contributed by atoms with Gasteiger partial charge in [0, 0.05) is 25.7 Å². The summed E-state index contributed by atoms with van der Waals surface area (Å²) in [4.78, 5) is 72.3. The lowest BCUT2D eigenvalue weighted by Crippen LogP contribution is -2.30. The van der Waals surface area contributed by atoms with Gasteiger partial charge < -0.3 is 33.8 Å². The van der Waals surface area contributed by atoms with Crippen molar-refractivity contribution in [2.75, 3.05) is 39.6 Å². The Labute approximate surface area is 517 Å². The molecular formula is C66H128O17P2. The number of rotatable bonds is 63. The molecule has 0 amide bonds. The highest BCUT2D eigenvalue weighted by Crippen LogP contribution is 2.45. The first kappa shape index (κ1) is 83.1. The van der Waals surface area contributed by atoms with Crippen LogP contribution >= 0.6 is 15.6 Å². The van der Waals surface area contributed by atoms with E-state index in [2.05, 4.69) is 55.4 Å². The zero-order chi connectivity index (χ0) is 63.2. The van der Waals surface area contributed by atoms with E-state index < -0.39 is 97.5 Å². The maximum absolute atomic E-state index is 13.0. The Morgan fingerprint density at radius 2 is 0.494 bits per heavy atom. The molecule has 85 heavy (non-hydrogen) atoms. The Kier molecular flexibility index (Phi) is 54.8. The van der Waals surface area contributed by atoms with Crippen molar-refractivity contribution in [2.24, 2.45) is 23.7 Å². The van der Waals surface area contributed by atoms with E-state index in [9.17, 15) is 43.2 Å². The van der Waals surface area contributed by atoms with Crippen molar-refractivity contribution in [2.45, 2.75) is 337 Å². The second-order valence-electron chi connectivity index (χ2n) is 25.8. The number of phosphoric ester groups is 2. The van der Waals surface area contributed by atoms with Crippen LogP contribution in [0.4, 0.5) is 0 Å². The van der Waals surface area contributed by atoms with Crippen LogP contribution in [0.5, 0.6) is 0 Å². The van der Waals surface area contributed by atoms with Gasteiger partial charge in [-0.1, -0.05) is 267 Å². The second kappa shape index (κ2) is 56.1. The van der Waals surface area contributed by atoms with Crippen LogP contribution in [0.1, 0.15) is 319 Å². The van der Waals surface area contributed by atoms with Crippen molar-refractivity contribution in [3.63, 3.8) is 0 Å². The summed E-state index contributed by atoms with van der Waals surface area (Å²) in [5.74, 6) is 0.739. The molecule has 0 aromatic carbocycles. The quantitative estimate of drug-likeness (QED) is 0.0222. The summed E-state index contributed by atoms with van der Waals surface area (Å²) in [6, 6.07) is 0. The fourth-order valence-electron chi connectivity index (χ4n) is 9.78. The van der Waals surface area contributed by atoms with Crippen LogP contribution in [0.3, 0.4) is 0 Å². The monoisotopic (exact) mass is 1250 g/mol. The molecule has 0 aliphatic rings. The minimum Gasteiger partial charge on any atom is -0.462 e. The summed E-state index contributed by atoms with van der Waals surface area (Å²) in [5, 5.41) is 10.5. The zero-order valence-corrected chi connectivity index (χ0v) is 57.0. The fraction of sp³-hybridized carbons (Fsp3) is 0.939. The van der Waals surface area contributed by atoms with Gasteiger partial charge in [0.2, 0.25) is 0 Å². The van der Waals surface area contributed by atoms with Crippen LogP contribution < -0.4 is 0 Å². The molecule has 19 heteroatoms. The number of aliphatic hydroxyl groups excluding tert-OH is 1. The Morgan fingerprint density at radius 1 is 0.294 bits per heavy atom. The third-order valence-electron chi connectivity index (χ3n) is 15.1. The van der Waals surface area contributed by atoms with E-state index in [-0.39, 0.29) is 25.7 Å². The number of hydrogen-bond donors (Lipinski definition) is 3. The van der Waals surface area contributed by atoms with Crippen molar-refractivity contribution in [1.29, 1.82) is 0 Å². The van der Waals surface area contributed by atoms with Crippen molar-refractivity contribution >= 4 is 39.5 Å². The number of aliphatic hydroxyl groups is 1. The molecule has 0 spiro atoms. The van der Waals surface area contributed by atoms with Gasteiger partial charge in [-0.3, -0.25) is 37.3 Å². The SMILES string of the molecule is CC(C)CCCCCCCCCCCCCCC(=O)O[C@H](COC(=O)CCCCCCCCC(C)C)COP(=O)(O)OC[C@H](O)COP(=O)(O)OC[C@@H](COC(=O)CCCCCCCCCCC(C)C)OC(=O)CCCCCCCCCC(C)C. The van der Waals surface area contributed by atoms with Gasteiger partial charge in [-0.2, -0.15) is 0 Å². The van der Waals surface area contributed by atoms with E-state index in [1.54, 1.807) is 0 Å². The minimum atomic E-state index is -4.95. The molecule has 0 aliphatic carbocycles. The van der Waals surface area contributed by atoms with Gasteiger partial charge >= 0.3 is 39.5 Å². The van der Waals surface area contributed by atoms with Crippen molar-refractivity contribution in [3.05, 3.63) is 0 Å². The molecule has 0 saturated carbocycles. The Hall–Kier alpha value is -1.94. The van der Waals surface area contributed by atoms with Gasteiger partial charge in [0.05, 0.1) is 26.4 Å². The minimum absolute atomic E-state index is 0.102. The predicted molar refractivity (Wildman–Crippen MR) is 340 cm³/mol. The van der Waals surface area contributed by atoms with Crippen LogP contribution in [0.15, 0.2) is 0 Å². The Bertz CT molecular complexity index is 1700. The van der Waals surface area contributed by atoms with Crippen LogP contribution in [0.25, 0.3) is 0 Å². The summed E-state index contributed by atoms with van der Waals surface area (Å²) in [6.07, 6.45) is 36.5. The number of unbranched alkanes of at least 4 members (excludes halogenated alkanes) is 29. The van der Waals surface area contributed by atoms with E-state index >= 15 is 0 Å². The fourth-order valence-corrected chi connectivity index (χ4v) is 11.4. The first-order chi connectivity index (χ1) is 40.6. The number of hydrogen-bond acceptors (Lipinski definition) is 15. The Morgan fingerprint density at radius 3 is 0.729 bits per heavy atom. The molecule has 0 fully saturated rings. The van der Waals surface area contributed by atoms with Gasteiger partial charge in [-0.05, 0) is 49.4 Å². The number of carbonyl (C=O) groups is 4. The lowest BCUT2D eigenvalue weighted by Gasteiger charge is -2.21. The molecule has 2 unspecified atom stereocenters. The second-order valence-corrected chi connectivity index (χ2v) is 28.7. The van der Waals surface area contributed by atoms with Gasteiger partial charge in [0.1, 0.15) is 19.3 Å². The summed E-state index contributed by atoms with van der Waals surface area (Å²) in [6.45, 7) is 13.9. The van der Waals surface area contributed by atoms with E-state index in [1.165, 1.54) is 116 Å². The molecule has 504 valence electrons. The molecule has 0 rings (SSSR count). The average Bonchev–Trinajstić information content (AvgIpc) is 3.47. The van der Waals surface area contributed by atoms with E-state index in [1.807, 2.05) is 0 Å². The highest BCUT2D eigenvalue weighted by molar-refractivity contribution is 7.47. The molecular weight excluding hydrogens is 1130 g/mol. The number of carbonyl (C=O) groups excluding carboxylic acids is 4. The van der Waals surface area contributed by atoms with Crippen molar-refractivity contribution in [1.82, 2.24) is 0 Å². The van der Waals surface area contributed by atoms with Crippen molar-refractivity contribution in [3.8, 4) is 0 Å². The molecule has 0 aromatic heterocycles. The topological polar surface area (TPSA) is 237 Å². The third kappa shape index (κ3) is 60.7. The highest BCUT2D eigenvalue weighted by atomic mass is 31.2. The maximum Gasteiger partial charge on any atom is 0.472 e. The van der Waals surface area contributed by atoms with Gasteiger partial charge in [-0.25, -0.2) is 9.13 Å². The van der Waals surface area contributed by atoms with Crippen molar-refractivity contribution < 1.29 is 80.2 Å². The van der Waals surface area contributed by atoms with Crippen LogP contribution in [0, 0.1) is 23.7 Å². The molecule has 0 saturated heterocycles. The smallest absolute Gasteiger partial charge is 0.462 e.